The zero-order valence-electron chi connectivity index (χ0n) is 16.0. The van der Waals surface area contributed by atoms with Crippen molar-refractivity contribution in [2.75, 3.05) is 12.0 Å². The molecule has 0 bridgehead atoms. The Morgan fingerprint density at radius 3 is 2.32 bits per heavy atom. The first kappa shape index (κ1) is 18.4. The first-order chi connectivity index (χ1) is 13.4. The van der Waals surface area contributed by atoms with Crippen LogP contribution < -0.4 is 10.2 Å². The highest BCUT2D eigenvalue weighted by Crippen LogP contribution is 2.50. The normalized spacial score (nSPS) is 29.1. The molecular formula is C22H22N2O4. The van der Waals surface area contributed by atoms with Gasteiger partial charge in [0.05, 0.1) is 24.6 Å². The molecule has 0 aliphatic carbocycles. The monoisotopic (exact) mass is 378 g/mol. The molecule has 1 N–H and O–H groups in total. The topological polar surface area (TPSA) is 75.7 Å². The summed E-state index contributed by atoms with van der Waals surface area (Å²) in [6.07, 6.45) is 0. The second-order valence-electron chi connectivity index (χ2n) is 7.52. The van der Waals surface area contributed by atoms with Gasteiger partial charge >= 0.3 is 5.97 Å². The number of carbonyl (C=O) groups excluding carboxylic acids is 3. The van der Waals surface area contributed by atoms with Crippen molar-refractivity contribution in [2.45, 2.75) is 25.4 Å². The van der Waals surface area contributed by atoms with E-state index in [-0.39, 0.29) is 11.8 Å². The quantitative estimate of drug-likeness (QED) is 0.656. The van der Waals surface area contributed by atoms with Crippen molar-refractivity contribution in [2.24, 2.45) is 11.8 Å². The number of para-hydroxylation sites is 1. The number of fused-ring (bicyclic) bond motifs is 1. The molecule has 2 aromatic rings. The lowest BCUT2D eigenvalue weighted by Gasteiger charge is -2.29. The van der Waals surface area contributed by atoms with Crippen LogP contribution >= 0.6 is 0 Å². The SMILES string of the molecule is COC(=O)[C@@]1(C)N[C@H](c2ccccc2C)[C@@H]2C(=O)N(c3ccccc3)C(=O)[C@H]21. The Bertz CT molecular complexity index is 958. The molecule has 0 spiro atoms. The molecule has 0 unspecified atom stereocenters. The lowest BCUT2D eigenvalue weighted by Crippen LogP contribution is -2.54. The van der Waals surface area contributed by atoms with E-state index in [0.717, 1.165) is 11.1 Å². The van der Waals surface area contributed by atoms with Gasteiger partial charge in [-0.25, -0.2) is 4.90 Å². The number of benzene rings is 2. The maximum Gasteiger partial charge on any atom is 0.326 e. The van der Waals surface area contributed by atoms with Crippen molar-refractivity contribution in [3.05, 3.63) is 65.7 Å². The van der Waals surface area contributed by atoms with Crippen molar-refractivity contribution in [1.82, 2.24) is 5.32 Å². The molecule has 4 atom stereocenters. The highest BCUT2D eigenvalue weighted by molar-refractivity contribution is 6.24. The van der Waals surface area contributed by atoms with E-state index in [0.29, 0.717) is 5.69 Å². The minimum absolute atomic E-state index is 0.297. The number of nitrogens with one attached hydrogen (secondary N) is 1. The highest BCUT2D eigenvalue weighted by atomic mass is 16.5. The van der Waals surface area contributed by atoms with Crippen LogP contribution in [-0.4, -0.2) is 30.4 Å². The zero-order chi connectivity index (χ0) is 20.1. The molecule has 2 aliphatic heterocycles. The van der Waals surface area contributed by atoms with Crippen molar-refractivity contribution in [1.29, 1.82) is 0 Å². The fourth-order valence-electron chi connectivity index (χ4n) is 4.57. The van der Waals surface area contributed by atoms with E-state index in [9.17, 15) is 14.4 Å². The Labute approximate surface area is 163 Å². The van der Waals surface area contributed by atoms with Gasteiger partial charge in [0.1, 0.15) is 5.54 Å². The summed E-state index contributed by atoms with van der Waals surface area (Å²) in [5.41, 5.74) is 1.12. The second-order valence-corrected chi connectivity index (χ2v) is 7.52. The summed E-state index contributed by atoms with van der Waals surface area (Å²) in [5, 5.41) is 3.27. The molecule has 2 aliphatic rings. The van der Waals surface area contributed by atoms with Crippen LogP contribution in [0, 0.1) is 18.8 Å². The van der Waals surface area contributed by atoms with Gasteiger partial charge < -0.3 is 4.74 Å². The number of ether oxygens (including phenoxy) is 1. The summed E-state index contributed by atoms with van der Waals surface area (Å²) in [5.74, 6) is -2.74. The van der Waals surface area contributed by atoms with E-state index in [1.807, 2.05) is 37.3 Å². The van der Waals surface area contributed by atoms with Gasteiger partial charge in [-0.3, -0.25) is 19.7 Å². The van der Waals surface area contributed by atoms with Crippen molar-refractivity contribution < 1.29 is 19.1 Å². The minimum atomic E-state index is -1.29. The standard InChI is InChI=1S/C22H22N2O4/c1-13-9-7-8-12-15(13)18-16-17(22(2,23-18)21(27)28-3)20(26)24(19(16)25)14-10-5-4-6-11-14/h4-12,16-18,23H,1-3H3/t16-,17+,18-,22+/m1/s1. The Morgan fingerprint density at radius 2 is 1.68 bits per heavy atom. The van der Waals surface area contributed by atoms with Crippen LogP contribution in [-0.2, 0) is 19.1 Å². The maximum absolute atomic E-state index is 13.4. The average molecular weight is 378 g/mol. The van der Waals surface area contributed by atoms with Gasteiger partial charge in [-0.1, -0.05) is 42.5 Å². The number of nitrogens with zero attached hydrogens (tertiary/aromatic N) is 1. The van der Waals surface area contributed by atoms with Gasteiger partial charge in [0.25, 0.3) is 0 Å². The largest absolute Gasteiger partial charge is 0.468 e. The van der Waals surface area contributed by atoms with Gasteiger partial charge in [-0.05, 0) is 37.1 Å². The third-order valence-corrected chi connectivity index (χ3v) is 5.93. The first-order valence-electron chi connectivity index (χ1n) is 9.24. The molecule has 28 heavy (non-hydrogen) atoms. The second kappa shape index (κ2) is 6.56. The first-order valence-corrected chi connectivity index (χ1v) is 9.24. The lowest BCUT2D eigenvalue weighted by atomic mass is 9.80. The number of aryl methyl sites for hydroxylation is 1. The number of hydrogen-bond acceptors (Lipinski definition) is 5. The van der Waals surface area contributed by atoms with E-state index in [1.165, 1.54) is 12.0 Å². The van der Waals surface area contributed by atoms with Gasteiger partial charge in [0.15, 0.2) is 0 Å². The number of imide groups is 1. The molecule has 6 heteroatoms. The zero-order valence-corrected chi connectivity index (χ0v) is 16.0. The lowest BCUT2D eigenvalue weighted by molar-refractivity contribution is -0.151. The fourth-order valence-corrected chi connectivity index (χ4v) is 4.57. The molecule has 2 heterocycles. The van der Waals surface area contributed by atoms with E-state index in [1.54, 1.807) is 31.2 Å². The molecule has 2 saturated heterocycles. The average Bonchev–Trinajstić information content (AvgIpc) is 3.16. The minimum Gasteiger partial charge on any atom is -0.468 e. The summed E-state index contributed by atoms with van der Waals surface area (Å²) in [4.78, 5) is 40.6. The molecule has 144 valence electrons. The third kappa shape index (κ3) is 2.48. The van der Waals surface area contributed by atoms with Crippen molar-refractivity contribution in [3.63, 3.8) is 0 Å². The number of hydrogen-bond donors (Lipinski definition) is 1. The van der Waals surface area contributed by atoms with E-state index in [4.69, 9.17) is 4.74 Å². The molecule has 2 fully saturated rings. The maximum atomic E-state index is 13.4. The smallest absolute Gasteiger partial charge is 0.326 e. The van der Waals surface area contributed by atoms with E-state index < -0.39 is 29.4 Å². The summed E-state index contributed by atoms with van der Waals surface area (Å²) in [7, 11) is 1.29. The Kier molecular flexibility index (Phi) is 4.31. The number of anilines is 1. The van der Waals surface area contributed by atoms with Crippen molar-refractivity contribution in [3.8, 4) is 0 Å². The number of carbonyl (C=O) groups is 3. The predicted octanol–water partition coefficient (Wildman–Crippen LogP) is 2.38. The van der Waals surface area contributed by atoms with Gasteiger partial charge in [-0.15, -0.1) is 0 Å². The summed E-state index contributed by atoms with van der Waals surface area (Å²) in [6, 6.07) is 16.1. The molecule has 4 rings (SSSR count). The van der Waals surface area contributed by atoms with Crippen LogP contribution in [0.25, 0.3) is 0 Å². The van der Waals surface area contributed by atoms with E-state index >= 15 is 0 Å². The van der Waals surface area contributed by atoms with Crippen LogP contribution in [0.2, 0.25) is 0 Å². The number of esters is 1. The van der Waals surface area contributed by atoms with Crippen LogP contribution in [0.5, 0.6) is 0 Å². The molecule has 0 aromatic heterocycles. The number of amides is 2. The van der Waals surface area contributed by atoms with Gasteiger partial charge in [0, 0.05) is 6.04 Å². The van der Waals surface area contributed by atoms with Gasteiger partial charge in [0.2, 0.25) is 11.8 Å². The van der Waals surface area contributed by atoms with Crippen LogP contribution in [0.1, 0.15) is 24.1 Å². The van der Waals surface area contributed by atoms with Crippen LogP contribution in [0.4, 0.5) is 5.69 Å². The van der Waals surface area contributed by atoms with Gasteiger partial charge in [-0.2, -0.15) is 0 Å². The molecule has 2 amide bonds. The molecular weight excluding hydrogens is 356 g/mol. The Hall–Kier alpha value is -2.99. The molecule has 0 saturated carbocycles. The number of methoxy groups -OCH3 is 1. The molecule has 6 nitrogen and oxygen atoms in total. The van der Waals surface area contributed by atoms with Crippen LogP contribution in [0.3, 0.4) is 0 Å². The predicted molar refractivity (Wildman–Crippen MR) is 103 cm³/mol. The Morgan fingerprint density at radius 1 is 1.04 bits per heavy atom. The summed E-state index contributed by atoms with van der Waals surface area (Å²) < 4.78 is 5.00. The summed E-state index contributed by atoms with van der Waals surface area (Å²) in [6.45, 7) is 3.60. The fraction of sp³-hybridized carbons (Fsp3) is 0.318. The van der Waals surface area contributed by atoms with Crippen molar-refractivity contribution >= 4 is 23.5 Å². The van der Waals surface area contributed by atoms with Crippen LogP contribution in [0.15, 0.2) is 54.6 Å². The summed E-state index contributed by atoms with van der Waals surface area (Å²) >= 11 is 0. The number of rotatable bonds is 3. The molecule has 2 aromatic carbocycles. The molecule has 0 radical (unpaired) electrons. The highest BCUT2D eigenvalue weighted by Gasteiger charge is 2.67. The third-order valence-electron chi connectivity index (χ3n) is 5.93. The Balaban J connectivity index is 1.85. The van der Waals surface area contributed by atoms with E-state index in [2.05, 4.69) is 5.32 Å².